The third-order valence-electron chi connectivity index (χ3n) is 5.00. The van der Waals surface area contributed by atoms with E-state index in [0.717, 1.165) is 17.5 Å². The lowest BCUT2D eigenvalue weighted by Gasteiger charge is -2.09. The van der Waals surface area contributed by atoms with Gasteiger partial charge in [-0.3, -0.25) is 9.78 Å². The van der Waals surface area contributed by atoms with Gasteiger partial charge in [0.15, 0.2) is 9.84 Å². The highest BCUT2D eigenvalue weighted by atomic mass is 32.2. The Morgan fingerprint density at radius 1 is 1.10 bits per heavy atom. The maximum atomic E-state index is 12.1. The van der Waals surface area contributed by atoms with E-state index in [-0.39, 0.29) is 22.3 Å². The molecule has 0 spiro atoms. The molecule has 2 aromatic heterocycles. The molecule has 150 valence electrons. The van der Waals surface area contributed by atoms with Crippen molar-refractivity contribution in [3.63, 3.8) is 0 Å². The largest absolute Gasteiger partial charge is 0.480 e. The minimum atomic E-state index is -3.24. The standard InChI is InChI=1S/C19H18N4O5S/c1-28-18-14(8-16(22-23-18)15-9-20-19(25)21-17(15)24)13-7-12(13)10-3-5-11(6-4-10)29(2,26)27/h3-6,8-9,12-13H,7H2,1-2H3,(H2,20,21,24,25)/t12-,13+/m1/s1. The normalized spacial score (nSPS) is 18.4. The fourth-order valence-corrected chi connectivity index (χ4v) is 4.05. The van der Waals surface area contributed by atoms with Gasteiger partial charge in [-0.2, -0.15) is 0 Å². The summed E-state index contributed by atoms with van der Waals surface area (Å²) in [5.74, 6) is 0.656. The van der Waals surface area contributed by atoms with Gasteiger partial charge >= 0.3 is 5.69 Å². The summed E-state index contributed by atoms with van der Waals surface area (Å²) >= 11 is 0. The topological polar surface area (TPSA) is 135 Å². The first kappa shape index (κ1) is 19.1. The van der Waals surface area contributed by atoms with E-state index in [2.05, 4.69) is 20.2 Å². The Morgan fingerprint density at radius 2 is 1.83 bits per heavy atom. The zero-order valence-electron chi connectivity index (χ0n) is 15.7. The molecule has 1 saturated carbocycles. The van der Waals surface area contributed by atoms with Gasteiger partial charge in [-0.1, -0.05) is 12.1 Å². The summed E-state index contributed by atoms with van der Waals surface area (Å²) in [7, 11) is -1.74. The van der Waals surface area contributed by atoms with E-state index in [1.807, 2.05) is 12.1 Å². The first-order chi connectivity index (χ1) is 13.8. The van der Waals surface area contributed by atoms with E-state index in [9.17, 15) is 18.0 Å². The SMILES string of the molecule is COc1nnc(-c2c[nH]c(=O)[nH]c2=O)cc1[C@H]1C[C@@H]1c1ccc(S(C)(=O)=O)cc1. The molecule has 4 rings (SSSR count). The van der Waals surface area contributed by atoms with Crippen molar-refractivity contribution in [2.75, 3.05) is 13.4 Å². The number of sulfone groups is 1. The number of rotatable bonds is 5. The monoisotopic (exact) mass is 414 g/mol. The lowest BCUT2D eigenvalue weighted by atomic mass is 10.0. The molecule has 2 N–H and O–H groups in total. The summed E-state index contributed by atoms with van der Waals surface area (Å²) in [5, 5.41) is 8.11. The second kappa shape index (κ2) is 6.96. The third-order valence-corrected chi connectivity index (χ3v) is 6.13. The smallest absolute Gasteiger partial charge is 0.325 e. The molecule has 9 nitrogen and oxygen atoms in total. The van der Waals surface area contributed by atoms with Crippen LogP contribution >= 0.6 is 0 Å². The number of aromatic amines is 2. The van der Waals surface area contributed by atoms with Gasteiger partial charge in [0.1, 0.15) is 5.69 Å². The van der Waals surface area contributed by atoms with E-state index >= 15 is 0 Å². The van der Waals surface area contributed by atoms with Crippen LogP contribution in [0.1, 0.15) is 29.4 Å². The predicted molar refractivity (Wildman–Crippen MR) is 105 cm³/mol. The van der Waals surface area contributed by atoms with Crippen molar-refractivity contribution >= 4 is 9.84 Å². The quantitative estimate of drug-likeness (QED) is 0.640. The molecule has 1 aromatic carbocycles. The minimum Gasteiger partial charge on any atom is -0.480 e. The molecule has 3 aromatic rings. The van der Waals surface area contributed by atoms with Crippen LogP contribution in [0.3, 0.4) is 0 Å². The summed E-state index contributed by atoms with van der Waals surface area (Å²) in [4.78, 5) is 28.2. The van der Waals surface area contributed by atoms with Crippen LogP contribution in [0, 0.1) is 0 Å². The number of H-pyrrole nitrogens is 2. The minimum absolute atomic E-state index is 0.102. The molecule has 0 unspecified atom stereocenters. The number of hydrogen-bond acceptors (Lipinski definition) is 7. The van der Waals surface area contributed by atoms with Crippen LogP contribution in [0.2, 0.25) is 0 Å². The van der Waals surface area contributed by atoms with Crippen LogP contribution in [0.5, 0.6) is 5.88 Å². The Bertz CT molecular complexity index is 1300. The van der Waals surface area contributed by atoms with Crippen molar-refractivity contribution in [1.29, 1.82) is 0 Å². The maximum absolute atomic E-state index is 12.1. The molecule has 0 amide bonds. The van der Waals surface area contributed by atoms with Crippen molar-refractivity contribution in [2.24, 2.45) is 0 Å². The van der Waals surface area contributed by atoms with Crippen LogP contribution < -0.4 is 16.0 Å². The number of hydrogen-bond donors (Lipinski definition) is 2. The van der Waals surface area contributed by atoms with Crippen LogP contribution in [0.15, 0.2) is 51.0 Å². The Kier molecular flexibility index (Phi) is 4.58. The second-order valence-corrected chi connectivity index (χ2v) is 8.99. The van der Waals surface area contributed by atoms with E-state index in [1.165, 1.54) is 19.6 Å². The first-order valence-electron chi connectivity index (χ1n) is 8.82. The third kappa shape index (κ3) is 3.70. The molecule has 2 heterocycles. The highest BCUT2D eigenvalue weighted by Crippen LogP contribution is 2.56. The average molecular weight is 414 g/mol. The summed E-state index contributed by atoms with van der Waals surface area (Å²) in [6, 6.07) is 8.58. The van der Waals surface area contributed by atoms with Gasteiger partial charge in [0.05, 0.1) is 17.6 Å². The van der Waals surface area contributed by atoms with E-state index in [0.29, 0.717) is 11.6 Å². The molecule has 0 radical (unpaired) electrons. The summed E-state index contributed by atoms with van der Waals surface area (Å²) < 4.78 is 28.6. The first-order valence-corrected chi connectivity index (χ1v) is 10.7. The van der Waals surface area contributed by atoms with Gasteiger partial charge in [-0.15, -0.1) is 10.2 Å². The fraction of sp³-hybridized carbons (Fsp3) is 0.263. The Balaban J connectivity index is 1.67. The number of methoxy groups -OCH3 is 1. The molecule has 0 aliphatic heterocycles. The summed E-state index contributed by atoms with van der Waals surface area (Å²) in [6.07, 6.45) is 3.31. The van der Waals surface area contributed by atoms with Crippen LogP contribution in [0.4, 0.5) is 0 Å². The highest BCUT2D eigenvalue weighted by molar-refractivity contribution is 7.90. The molecule has 2 atom stereocenters. The Labute approximate surface area is 165 Å². The maximum Gasteiger partial charge on any atom is 0.325 e. The van der Waals surface area contributed by atoms with Crippen LogP contribution in [-0.2, 0) is 9.84 Å². The molecule has 0 bridgehead atoms. The van der Waals surface area contributed by atoms with Gasteiger partial charge in [-0.05, 0) is 42.0 Å². The molecular weight excluding hydrogens is 396 g/mol. The van der Waals surface area contributed by atoms with Gasteiger partial charge in [0.2, 0.25) is 5.88 Å². The van der Waals surface area contributed by atoms with Crippen molar-refractivity contribution in [3.05, 3.63) is 68.5 Å². The summed E-state index contributed by atoms with van der Waals surface area (Å²) in [6.45, 7) is 0. The Hall–Kier alpha value is -3.27. The highest BCUT2D eigenvalue weighted by Gasteiger charge is 2.42. The number of nitrogens with one attached hydrogen (secondary N) is 2. The molecule has 29 heavy (non-hydrogen) atoms. The summed E-state index contributed by atoms with van der Waals surface area (Å²) in [5.41, 5.74) is 1.21. The second-order valence-electron chi connectivity index (χ2n) is 6.97. The molecule has 1 fully saturated rings. The fourth-order valence-electron chi connectivity index (χ4n) is 3.42. The number of aromatic nitrogens is 4. The molecular formula is C19H18N4O5S. The van der Waals surface area contributed by atoms with Crippen molar-refractivity contribution in [3.8, 4) is 17.1 Å². The van der Waals surface area contributed by atoms with E-state index in [1.54, 1.807) is 18.2 Å². The van der Waals surface area contributed by atoms with Gasteiger partial charge < -0.3 is 9.72 Å². The number of benzene rings is 1. The van der Waals surface area contributed by atoms with Crippen molar-refractivity contribution < 1.29 is 13.2 Å². The predicted octanol–water partition coefficient (Wildman–Crippen LogP) is 1.20. The van der Waals surface area contributed by atoms with E-state index < -0.39 is 21.1 Å². The van der Waals surface area contributed by atoms with Gasteiger partial charge in [0.25, 0.3) is 5.56 Å². The molecule has 1 aliphatic rings. The number of ether oxygens (including phenoxy) is 1. The average Bonchev–Trinajstić information content (AvgIpc) is 3.48. The Morgan fingerprint density at radius 3 is 2.45 bits per heavy atom. The molecule has 10 heteroatoms. The van der Waals surface area contributed by atoms with Crippen molar-refractivity contribution in [2.45, 2.75) is 23.2 Å². The zero-order valence-corrected chi connectivity index (χ0v) is 16.5. The van der Waals surface area contributed by atoms with E-state index in [4.69, 9.17) is 4.74 Å². The van der Waals surface area contributed by atoms with Gasteiger partial charge in [-0.25, -0.2) is 13.2 Å². The van der Waals surface area contributed by atoms with Crippen molar-refractivity contribution in [1.82, 2.24) is 20.2 Å². The molecule has 1 aliphatic carbocycles. The molecule has 0 saturated heterocycles. The van der Waals surface area contributed by atoms with Gasteiger partial charge in [0, 0.05) is 18.0 Å². The van der Waals surface area contributed by atoms with Crippen LogP contribution in [-0.4, -0.2) is 41.9 Å². The number of nitrogens with zero attached hydrogens (tertiary/aromatic N) is 2. The lowest BCUT2D eigenvalue weighted by molar-refractivity contribution is 0.386. The lowest BCUT2D eigenvalue weighted by Crippen LogP contribution is -2.23. The van der Waals surface area contributed by atoms with Crippen LogP contribution in [0.25, 0.3) is 11.3 Å². The zero-order chi connectivity index (χ0) is 20.8.